The molecular formula is C21H17NO3Se. The van der Waals surface area contributed by atoms with Crippen LogP contribution in [0.5, 0.6) is 11.5 Å². The van der Waals surface area contributed by atoms with E-state index in [1.54, 1.807) is 0 Å². The van der Waals surface area contributed by atoms with Crippen molar-refractivity contribution in [3.63, 3.8) is 0 Å². The molecule has 4 nitrogen and oxygen atoms in total. The van der Waals surface area contributed by atoms with E-state index < -0.39 is 0 Å². The van der Waals surface area contributed by atoms with Crippen molar-refractivity contribution >= 4 is 31.0 Å². The van der Waals surface area contributed by atoms with Gasteiger partial charge in [0, 0.05) is 0 Å². The van der Waals surface area contributed by atoms with Gasteiger partial charge >= 0.3 is 158 Å². The molecule has 0 bridgehead atoms. The summed E-state index contributed by atoms with van der Waals surface area (Å²) in [5.41, 5.74) is 2.67. The van der Waals surface area contributed by atoms with Crippen LogP contribution < -0.4 is 19.3 Å². The SMILES string of the molecule is O=C(Nc1ccccc1)c1ccc2c(c1[Se]Cc1ccccc1)OCO2. The molecule has 0 atom stereocenters. The summed E-state index contributed by atoms with van der Waals surface area (Å²) in [5.74, 6) is 1.30. The first-order valence-corrected chi connectivity index (χ1v) is 10.3. The van der Waals surface area contributed by atoms with E-state index in [0.717, 1.165) is 15.5 Å². The van der Waals surface area contributed by atoms with E-state index in [0.29, 0.717) is 17.1 Å². The number of benzene rings is 3. The van der Waals surface area contributed by atoms with Gasteiger partial charge in [0.25, 0.3) is 0 Å². The van der Waals surface area contributed by atoms with Crippen LogP contribution in [-0.2, 0) is 5.32 Å². The number of ether oxygens (including phenoxy) is 2. The van der Waals surface area contributed by atoms with E-state index in [2.05, 4.69) is 17.4 Å². The molecule has 0 saturated carbocycles. The van der Waals surface area contributed by atoms with Crippen LogP contribution in [0, 0.1) is 0 Å². The van der Waals surface area contributed by atoms with Crippen LogP contribution in [0.25, 0.3) is 0 Å². The molecule has 4 rings (SSSR count). The molecule has 0 spiro atoms. The average molecular weight is 410 g/mol. The number of carbonyl (C=O) groups is 1. The van der Waals surface area contributed by atoms with Crippen LogP contribution in [0.1, 0.15) is 15.9 Å². The zero-order valence-electron chi connectivity index (χ0n) is 14.0. The molecule has 1 aliphatic heterocycles. The van der Waals surface area contributed by atoms with Gasteiger partial charge in [-0.3, -0.25) is 0 Å². The minimum absolute atomic E-state index is 0.0454. The summed E-state index contributed by atoms with van der Waals surface area (Å²) in [4.78, 5) is 12.8. The van der Waals surface area contributed by atoms with Gasteiger partial charge in [0.05, 0.1) is 0 Å². The number of fused-ring (bicyclic) bond motifs is 1. The van der Waals surface area contributed by atoms with Crippen molar-refractivity contribution in [1.82, 2.24) is 0 Å². The number of nitrogens with one attached hydrogen (secondary N) is 1. The Balaban J connectivity index is 1.62. The van der Waals surface area contributed by atoms with Crippen molar-refractivity contribution in [2.24, 2.45) is 0 Å². The van der Waals surface area contributed by atoms with Crippen LogP contribution in [0.2, 0.25) is 0 Å². The second-order valence-electron chi connectivity index (χ2n) is 5.77. The van der Waals surface area contributed by atoms with E-state index >= 15 is 0 Å². The van der Waals surface area contributed by atoms with Crippen molar-refractivity contribution < 1.29 is 14.3 Å². The summed E-state index contributed by atoms with van der Waals surface area (Å²) in [6.45, 7) is 0.202. The van der Waals surface area contributed by atoms with Crippen molar-refractivity contribution in [1.29, 1.82) is 0 Å². The summed E-state index contributed by atoms with van der Waals surface area (Å²) in [7, 11) is 0. The Kier molecular flexibility index (Phi) is 4.91. The number of rotatable bonds is 5. The summed E-state index contributed by atoms with van der Waals surface area (Å²) >= 11 is 0.0454. The van der Waals surface area contributed by atoms with E-state index in [-0.39, 0.29) is 27.7 Å². The number of para-hydroxylation sites is 1. The third-order valence-electron chi connectivity index (χ3n) is 4.00. The van der Waals surface area contributed by atoms with Gasteiger partial charge in [-0.05, 0) is 0 Å². The predicted octanol–water partition coefficient (Wildman–Crippen LogP) is 3.20. The quantitative estimate of drug-likeness (QED) is 0.658. The standard InChI is InChI=1S/C21H17NO3Se/c23-21(22-16-9-5-2-6-10-16)17-11-12-18-19(25-14-24-18)20(17)26-13-15-7-3-1-4-8-15/h1-12H,13-14H2,(H,22,23). The molecule has 1 amide bonds. The Morgan fingerprint density at radius 1 is 0.923 bits per heavy atom. The van der Waals surface area contributed by atoms with Crippen molar-refractivity contribution in [2.45, 2.75) is 5.32 Å². The molecular weight excluding hydrogens is 393 g/mol. The molecule has 0 fully saturated rings. The molecule has 26 heavy (non-hydrogen) atoms. The third-order valence-corrected chi connectivity index (χ3v) is 6.45. The van der Waals surface area contributed by atoms with Gasteiger partial charge in [0.15, 0.2) is 0 Å². The van der Waals surface area contributed by atoms with Crippen LogP contribution in [0.3, 0.4) is 0 Å². The Bertz CT molecular complexity index is 913. The van der Waals surface area contributed by atoms with Gasteiger partial charge in [0.1, 0.15) is 0 Å². The number of hydrogen-bond acceptors (Lipinski definition) is 3. The summed E-state index contributed by atoms with van der Waals surface area (Å²) in [6.07, 6.45) is 0. The fourth-order valence-electron chi connectivity index (χ4n) is 2.72. The van der Waals surface area contributed by atoms with Gasteiger partial charge in [-0.15, -0.1) is 0 Å². The first-order valence-electron chi connectivity index (χ1n) is 8.27. The number of anilines is 1. The van der Waals surface area contributed by atoms with Crippen LogP contribution >= 0.6 is 0 Å². The van der Waals surface area contributed by atoms with Crippen LogP contribution in [0.15, 0.2) is 72.8 Å². The zero-order chi connectivity index (χ0) is 17.8. The van der Waals surface area contributed by atoms with Gasteiger partial charge in [-0.1, -0.05) is 0 Å². The molecule has 1 aliphatic rings. The first-order chi connectivity index (χ1) is 12.8. The molecule has 1 heterocycles. The maximum atomic E-state index is 12.8. The second kappa shape index (κ2) is 7.65. The molecule has 0 radical (unpaired) electrons. The van der Waals surface area contributed by atoms with E-state index in [9.17, 15) is 4.79 Å². The zero-order valence-corrected chi connectivity index (χ0v) is 15.7. The fraction of sp³-hybridized carbons (Fsp3) is 0.0952. The van der Waals surface area contributed by atoms with Crippen molar-refractivity contribution in [3.8, 4) is 11.5 Å². The summed E-state index contributed by atoms with van der Waals surface area (Å²) in [5, 5.41) is 3.85. The maximum absolute atomic E-state index is 12.8. The van der Waals surface area contributed by atoms with Gasteiger partial charge in [0.2, 0.25) is 0 Å². The van der Waals surface area contributed by atoms with Crippen LogP contribution in [-0.4, -0.2) is 27.7 Å². The Hall–Kier alpha value is -2.75. The van der Waals surface area contributed by atoms with E-state index in [1.807, 2.05) is 60.7 Å². The molecule has 0 aromatic heterocycles. The van der Waals surface area contributed by atoms with E-state index in [4.69, 9.17) is 9.47 Å². The Morgan fingerprint density at radius 3 is 2.42 bits per heavy atom. The molecule has 0 aliphatic carbocycles. The van der Waals surface area contributed by atoms with Gasteiger partial charge < -0.3 is 0 Å². The number of hydrogen-bond donors (Lipinski definition) is 1. The Morgan fingerprint density at radius 2 is 1.65 bits per heavy atom. The van der Waals surface area contributed by atoms with Crippen LogP contribution in [0.4, 0.5) is 5.69 Å². The fourth-order valence-corrected chi connectivity index (χ4v) is 5.05. The molecule has 3 aromatic rings. The Labute approximate surface area is 158 Å². The minimum atomic E-state index is -0.126. The van der Waals surface area contributed by atoms with Gasteiger partial charge in [-0.2, -0.15) is 0 Å². The molecule has 0 unspecified atom stereocenters. The third kappa shape index (κ3) is 3.59. The van der Waals surface area contributed by atoms with Crippen molar-refractivity contribution in [3.05, 3.63) is 83.9 Å². The second-order valence-corrected chi connectivity index (χ2v) is 7.84. The molecule has 130 valence electrons. The molecule has 1 N–H and O–H groups in total. The average Bonchev–Trinajstić information content (AvgIpc) is 3.16. The van der Waals surface area contributed by atoms with Gasteiger partial charge in [-0.25, -0.2) is 0 Å². The predicted molar refractivity (Wildman–Crippen MR) is 102 cm³/mol. The number of amides is 1. The number of carbonyl (C=O) groups excluding carboxylic acids is 1. The molecule has 5 heteroatoms. The summed E-state index contributed by atoms with van der Waals surface area (Å²) in [6, 6.07) is 23.4. The molecule has 3 aromatic carbocycles. The molecule has 0 saturated heterocycles. The summed E-state index contributed by atoms with van der Waals surface area (Å²) < 4.78 is 12.1. The normalized spacial score (nSPS) is 12.0. The first kappa shape index (κ1) is 16.7. The topological polar surface area (TPSA) is 47.6 Å². The van der Waals surface area contributed by atoms with E-state index in [1.165, 1.54) is 5.56 Å². The monoisotopic (exact) mass is 411 g/mol. The van der Waals surface area contributed by atoms with Crippen molar-refractivity contribution in [2.75, 3.05) is 12.1 Å².